The van der Waals surface area contributed by atoms with Gasteiger partial charge in [-0.25, -0.2) is 9.78 Å². The second-order valence-corrected chi connectivity index (χ2v) is 5.09. The summed E-state index contributed by atoms with van der Waals surface area (Å²) in [5, 5.41) is 0. The molecule has 5 heteroatoms. The number of aromatic amines is 1. The first-order valence-corrected chi connectivity index (χ1v) is 6.63. The van der Waals surface area contributed by atoms with Gasteiger partial charge in [-0.3, -0.25) is 5.73 Å². The van der Waals surface area contributed by atoms with Crippen molar-refractivity contribution in [3.63, 3.8) is 0 Å². The second-order valence-electron chi connectivity index (χ2n) is 5.09. The van der Waals surface area contributed by atoms with Gasteiger partial charge >= 0.3 is 5.97 Å². The van der Waals surface area contributed by atoms with E-state index in [0.29, 0.717) is 24.6 Å². The molecule has 1 aromatic rings. The van der Waals surface area contributed by atoms with E-state index >= 15 is 0 Å². The minimum absolute atomic E-state index is 0.165. The van der Waals surface area contributed by atoms with Crippen LogP contribution in [0.4, 0.5) is 5.82 Å². The standard InChI is InChI=1S/C14H20N2O3/c1-4-14(3)7-11-9(8-19-14)6-10(12(15)16-11)13(17)18-5-2/h6H,4-5,7-8H2,1-3H3,(H2,15,16)/p+1/t14-/m1/s1. The molecular formula is C14H21N2O3+. The van der Waals surface area contributed by atoms with Gasteiger partial charge in [-0.2, -0.15) is 0 Å². The highest BCUT2D eigenvalue weighted by Gasteiger charge is 2.33. The number of hydrogen-bond acceptors (Lipinski definition) is 4. The number of fused-ring (bicyclic) bond motifs is 1. The van der Waals surface area contributed by atoms with Crippen LogP contribution in [0, 0.1) is 0 Å². The summed E-state index contributed by atoms with van der Waals surface area (Å²) in [5.74, 6) is -0.0413. The number of esters is 1. The zero-order valence-corrected chi connectivity index (χ0v) is 11.7. The van der Waals surface area contributed by atoms with Gasteiger partial charge in [-0.05, 0) is 26.3 Å². The number of H-pyrrole nitrogens is 1. The van der Waals surface area contributed by atoms with E-state index in [4.69, 9.17) is 15.2 Å². The molecule has 1 aliphatic heterocycles. The van der Waals surface area contributed by atoms with Crippen molar-refractivity contribution in [3.8, 4) is 0 Å². The Morgan fingerprint density at radius 1 is 1.58 bits per heavy atom. The molecule has 0 saturated heterocycles. The molecule has 0 spiro atoms. The molecule has 0 aromatic carbocycles. The third kappa shape index (κ3) is 2.71. The average molecular weight is 265 g/mol. The average Bonchev–Trinajstić information content (AvgIpc) is 2.38. The number of ether oxygens (including phenoxy) is 2. The van der Waals surface area contributed by atoms with Crippen LogP contribution in [0.1, 0.15) is 48.8 Å². The molecule has 0 bridgehead atoms. The Morgan fingerprint density at radius 3 is 2.95 bits per heavy atom. The highest BCUT2D eigenvalue weighted by molar-refractivity contribution is 5.93. The highest BCUT2D eigenvalue weighted by atomic mass is 16.5. The first-order chi connectivity index (χ1) is 8.99. The van der Waals surface area contributed by atoms with Crippen molar-refractivity contribution < 1.29 is 19.3 Å². The molecular weight excluding hydrogens is 244 g/mol. The van der Waals surface area contributed by atoms with Crippen LogP contribution in [0.2, 0.25) is 0 Å². The largest absolute Gasteiger partial charge is 0.462 e. The number of pyridine rings is 1. The van der Waals surface area contributed by atoms with Crippen molar-refractivity contribution in [3.05, 3.63) is 22.9 Å². The number of rotatable bonds is 3. The maximum Gasteiger partial charge on any atom is 0.346 e. The fraction of sp³-hybridized carbons (Fsp3) is 0.571. The summed E-state index contributed by atoms with van der Waals surface area (Å²) < 4.78 is 10.8. The molecule has 0 fully saturated rings. The zero-order chi connectivity index (χ0) is 14.0. The Labute approximate surface area is 113 Å². The van der Waals surface area contributed by atoms with E-state index in [9.17, 15) is 4.79 Å². The molecule has 5 nitrogen and oxygen atoms in total. The maximum absolute atomic E-state index is 11.8. The Kier molecular flexibility index (Phi) is 3.75. The van der Waals surface area contributed by atoms with Crippen LogP contribution in [0.25, 0.3) is 0 Å². The van der Waals surface area contributed by atoms with Crippen molar-refractivity contribution in [2.45, 2.75) is 45.8 Å². The third-order valence-corrected chi connectivity index (χ3v) is 3.65. The van der Waals surface area contributed by atoms with Crippen LogP contribution in [0.3, 0.4) is 0 Å². The maximum atomic E-state index is 11.8. The van der Waals surface area contributed by atoms with Crippen molar-refractivity contribution in [1.29, 1.82) is 0 Å². The Hall–Kier alpha value is -1.62. The lowest BCUT2D eigenvalue weighted by Gasteiger charge is -2.32. The van der Waals surface area contributed by atoms with Gasteiger partial charge in [0.2, 0.25) is 0 Å². The summed E-state index contributed by atoms with van der Waals surface area (Å²) in [4.78, 5) is 14.9. The topological polar surface area (TPSA) is 75.7 Å². The second kappa shape index (κ2) is 5.17. The van der Waals surface area contributed by atoms with Crippen LogP contribution in [0.15, 0.2) is 6.07 Å². The van der Waals surface area contributed by atoms with Gasteiger partial charge in [0, 0.05) is 12.0 Å². The van der Waals surface area contributed by atoms with Crippen LogP contribution >= 0.6 is 0 Å². The Bertz CT molecular complexity index is 502. The number of aromatic nitrogens is 1. The molecule has 0 radical (unpaired) electrons. The smallest absolute Gasteiger partial charge is 0.346 e. The fourth-order valence-electron chi connectivity index (χ4n) is 2.22. The molecule has 0 amide bonds. The van der Waals surface area contributed by atoms with Gasteiger partial charge in [0.15, 0.2) is 0 Å². The van der Waals surface area contributed by atoms with E-state index < -0.39 is 5.97 Å². The van der Waals surface area contributed by atoms with Gasteiger partial charge in [-0.1, -0.05) is 6.92 Å². The first-order valence-electron chi connectivity index (χ1n) is 6.63. The number of anilines is 1. The molecule has 104 valence electrons. The summed E-state index contributed by atoms with van der Waals surface area (Å²) >= 11 is 0. The molecule has 3 N–H and O–H groups in total. The van der Waals surface area contributed by atoms with E-state index in [1.165, 1.54) is 0 Å². The van der Waals surface area contributed by atoms with Crippen LogP contribution in [-0.4, -0.2) is 18.2 Å². The van der Waals surface area contributed by atoms with Gasteiger partial charge in [-0.15, -0.1) is 0 Å². The van der Waals surface area contributed by atoms with E-state index in [2.05, 4.69) is 18.8 Å². The van der Waals surface area contributed by atoms with Gasteiger partial charge in [0.1, 0.15) is 11.3 Å². The minimum Gasteiger partial charge on any atom is -0.462 e. The number of nitrogen functional groups attached to an aromatic ring is 1. The highest BCUT2D eigenvalue weighted by Crippen LogP contribution is 2.29. The van der Waals surface area contributed by atoms with Crippen molar-refractivity contribution in [2.24, 2.45) is 0 Å². The van der Waals surface area contributed by atoms with E-state index in [1.807, 2.05) is 0 Å². The lowest BCUT2D eigenvalue weighted by Crippen LogP contribution is -2.39. The third-order valence-electron chi connectivity index (χ3n) is 3.65. The number of carbonyl (C=O) groups is 1. The van der Waals surface area contributed by atoms with E-state index in [0.717, 1.165) is 24.1 Å². The SMILES string of the molecule is CCOC(=O)c1cc2c([nH+]c1N)C[C@@](C)(CC)OC2. The molecule has 2 rings (SSSR count). The Morgan fingerprint density at radius 2 is 2.32 bits per heavy atom. The van der Waals surface area contributed by atoms with Gasteiger partial charge in [0.25, 0.3) is 5.82 Å². The van der Waals surface area contributed by atoms with Crippen molar-refractivity contribution >= 4 is 11.8 Å². The fourth-order valence-corrected chi connectivity index (χ4v) is 2.22. The first kappa shape index (κ1) is 13.8. The quantitative estimate of drug-likeness (QED) is 0.840. The summed E-state index contributed by atoms with van der Waals surface area (Å²) in [6, 6.07) is 1.77. The summed E-state index contributed by atoms with van der Waals surface area (Å²) in [6.07, 6.45) is 1.70. The molecule has 0 unspecified atom stereocenters. The minimum atomic E-state index is -0.400. The molecule has 1 atom stereocenters. The Balaban J connectivity index is 2.33. The number of nitrogens with one attached hydrogen (secondary N) is 1. The molecule has 19 heavy (non-hydrogen) atoms. The number of nitrogens with two attached hydrogens (primary N) is 1. The van der Waals surface area contributed by atoms with Gasteiger partial charge in [0.05, 0.1) is 18.8 Å². The molecule has 0 saturated carbocycles. The van der Waals surface area contributed by atoms with E-state index in [1.54, 1.807) is 13.0 Å². The monoisotopic (exact) mass is 265 g/mol. The molecule has 1 aliphatic rings. The van der Waals surface area contributed by atoms with Crippen LogP contribution in [-0.2, 0) is 22.5 Å². The lowest BCUT2D eigenvalue weighted by atomic mass is 9.91. The molecule has 2 heterocycles. The predicted octanol–water partition coefficient (Wildman–Crippen LogP) is 1.50. The number of hydrogen-bond donors (Lipinski definition) is 1. The molecule has 0 aliphatic carbocycles. The lowest BCUT2D eigenvalue weighted by molar-refractivity contribution is -0.380. The zero-order valence-electron chi connectivity index (χ0n) is 11.7. The summed E-state index contributed by atoms with van der Waals surface area (Å²) in [7, 11) is 0. The summed E-state index contributed by atoms with van der Waals surface area (Å²) in [5.41, 5.74) is 8.14. The number of carbonyl (C=O) groups excluding carboxylic acids is 1. The van der Waals surface area contributed by atoms with Crippen molar-refractivity contribution in [1.82, 2.24) is 0 Å². The predicted molar refractivity (Wildman–Crippen MR) is 70.6 cm³/mol. The van der Waals surface area contributed by atoms with Crippen LogP contribution in [0.5, 0.6) is 0 Å². The van der Waals surface area contributed by atoms with E-state index in [-0.39, 0.29) is 5.60 Å². The normalized spacial score (nSPS) is 21.8. The van der Waals surface area contributed by atoms with Gasteiger partial charge < -0.3 is 9.47 Å². The molecule has 1 aromatic heterocycles. The van der Waals surface area contributed by atoms with Crippen molar-refractivity contribution in [2.75, 3.05) is 12.3 Å². The summed E-state index contributed by atoms with van der Waals surface area (Å²) in [6.45, 7) is 6.77. The van der Waals surface area contributed by atoms with Crippen LogP contribution < -0.4 is 10.7 Å².